The fraction of sp³-hybridized carbons (Fsp3) is 0.500. The monoisotopic (exact) mass is 291 g/mol. The maximum atomic E-state index is 12.6. The van der Waals surface area contributed by atoms with Crippen LogP contribution >= 0.6 is 0 Å². The fourth-order valence-corrected chi connectivity index (χ4v) is 2.94. The van der Waals surface area contributed by atoms with Crippen molar-refractivity contribution in [2.24, 2.45) is 5.92 Å². The lowest BCUT2D eigenvalue weighted by molar-refractivity contribution is 0.0517. The van der Waals surface area contributed by atoms with Crippen molar-refractivity contribution in [2.75, 3.05) is 7.11 Å². The molecule has 0 aromatic heterocycles. The van der Waals surface area contributed by atoms with E-state index in [2.05, 4.69) is 0 Å². The number of carbonyl (C=O) groups is 2. The van der Waals surface area contributed by atoms with Gasteiger partial charge in [0.2, 0.25) is 0 Å². The quantitative estimate of drug-likeness (QED) is 0.858. The molecular formula is C16H21NO4. The molecule has 1 fully saturated rings. The summed E-state index contributed by atoms with van der Waals surface area (Å²) in [5, 5.41) is 0. The van der Waals surface area contributed by atoms with Crippen molar-refractivity contribution >= 4 is 12.0 Å². The van der Waals surface area contributed by atoms with Crippen LogP contribution in [-0.2, 0) is 4.74 Å². The summed E-state index contributed by atoms with van der Waals surface area (Å²) in [5.41, 5.74) is -0.246. The minimum absolute atomic E-state index is 0.105. The molecule has 0 saturated carbocycles. The lowest BCUT2D eigenvalue weighted by atomic mass is 9.88. The molecule has 0 spiro atoms. The average Bonchev–Trinajstić information content (AvgIpc) is 2.67. The van der Waals surface area contributed by atoms with Gasteiger partial charge in [-0.2, -0.15) is 0 Å². The number of benzene rings is 1. The first kappa shape index (κ1) is 15.4. The highest BCUT2D eigenvalue weighted by molar-refractivity contribution is 6.04. The molecule has 0 radical (unpaired) electrons. The number of hydrogen-bond acceptors (Lipinski definition) is 4. The molecular weight excluding hydrogens is 270 g/mol. The third kappa shape index (κ3) is 2.73. The minimum atomic E-state index is -0.687. The Kier molecular flexibility index (Phi) is 3.94. The zero-order valence-corrected chi connectivity index (χ0v) is 13.0. The van der Waals surface area contributed by atoms with Crippen LogP contribution in [0.15, 0.2) is 24.3 Å². The molecule has 5 nitrogen and oxygen atoms in total. The van der Waals surface area contributed by atoms with Crippen molar-refractivity contribution in [3.63, 3.8) is 0 Å². The SMILES string of the molecule is COc1ccc(C(=O)N2C(=O)OC(C)(C)[C@@H]2C(C)C)cc1. The highest BCUT2D eigenvalue weighted by Crippen LogP contribution is 2.35. The van der Waals surface area contributed by atoms with Gasteiger partial charge < -0.3 is 9.47 Å². The van der Waals surface area contributed by atoms with E-state index in [0.717, 1.165) is 0 Å². The van der Waals surface area contributed by atoms with E-state index in [1.165, 1.54) is 4.90 Å². The maximum Gasteiger partial charge on any atom is 0.417 e. The highest BCUT2D eigenvalue weighted by atomic mass is 16.6. The second-order valence-corrected chi connectivity index (χ2v) is 6.06. The Morgan fingerprint density at radius 2 is 1.86 bits per heavy atom. The van der Waals surface area contributed by atoms with Crippen molar-refractivity contribution in [3.05, 3.63) is 29.8 Å². The Balaban J connectivity index is 2.33. The number of carbonyl (C=O) groups excluding carboxylic acids is 2. The Bertz CT molecular complexity index is 548. The van der Waals surface area contributed by atoms with Gasteiger partial charge in [-0.3, -0.25) is 4.79 Å². The standard InChI is InChI=1S/C16H21NO4/c1-10(2)13-16(3,4)21-15(19)17(13)14(18)11-6-8-12(20-5)9-7-11/h6-10,13H,1-5H3/t13-/m0/s1. The van der Waals surface area contributed by atoms with Crippen molar-refractivity contribution in [1.82, 2.24) is 4.90 Å². The summed E-state index contributed by atoms with van der Waals surface area (Å²) < 4.78 is 10.4. The van der Waals surface area contributed by atoms with Gasteiger partial charge in [-0.05, 0) is 44.0 Å². The van der Waals surface area contributed by atoms with Crippen LogP contribution in [0.25, 0.3) is 0 Å². The van der Waals surface area contributed by atoms with Crippen LogP contribution < -0.4 is 4.74 Å². The third-order valence-electron chi connectivity index (χ3n) is 3.72. The number of methoxy groups -OCH3 is 1. The van der Waals surface area contributed by atoms with Crippen molar-refractivity contribution < 1.29 is 19.1 Å². The predicted octanol–water partition coefficient (Wildman–Crippen LogP) is 3.09. The number of amides is 2. The number of rotatable bonds is 3. The van der Waals surface area contributed by atoms with Gasteiger partial charge in [0.25, 0.3) is 5.91 Å². The molecule has 1 saturated heterocycles. The van der Waals surface area contributed by atoms with Gasteiger partial charge >= 0.3 is 6.09 Å². The molecule has 1 aromatic rings. The molecule has 2 rings (SSSR count). The summed E-state index contributed by atoms with van der Waals surface area (Å²) in [4.78, 5) is 26.0. The van der Waals surface area contributed by atoms with E-state index in [1.807, 2.05) is 27.7 Å². The third-order valence-corrected chi connectivity index (χ3v) is 3.72. The van der Waals surface area contributed by atoms with E-state index < -0.39 is 11.7 Å². The Hall–Kier alpha value is -2.04. The van der Waals surface area contributed by atoms with Gasteiger partial charge in [0.15, 0.2) is 0 Å². The van der Waals surface area contributed by atoms with E-state index in [4.69, 9.17) is 9.47 Å². The molecule has 1 aliphatic heterocycles. The zero-order chi connectivity index (χ0) is 15.8. The van der Waals surface area contributed by atoms with Gasteiger partial charge in [0.05, 0.1) is 13.2 Å². The van der Waals surface area contributed by atoms with Crippen LogP contribution in [0.1, 0.15) is 38.1 Å². The van der Waals surface area contributed by atoms with Gasteiger partial charge in [0, 0.05) is 5.56 Å². The molecule has 0 N–H and O–H groups in total. The average molecular weight is 291 g/mol. The minimum Gasteiger partial charge on any atom is -0.497 e. The summed E-state index contributed by atoms with van der Waals surface area (Å²) in [6.07, 6.45) is -0.584. The van der Waals surface area contributed by atoms with Crippen LogP contribution in [0, 0.1) is 5.92 Å². The molecule has 1 heterocycles. The zero-order valence-electron chi connectivity index (χ0n) is 13.0. The molecule has 114 valence electrons. The molecule has 1 aromatic carbocycles. The summed E-state index contributed by atoms with van der Waals surface area (Å²) in [5.74, 6) is 0.428. The van der Waals surface area contributed by atoms with Gasteiger partial charge in [-0.25, -0.2) is 9.69 Å². The molecule has 0 aliphatic carbocycles. The molecule has 2 amide bonds. The number of cyclic esters (lactones) is 1. The van der Waals surface area contributed by atoms with Gasteiger partial charge in [-0.1, -0.05) is 13.8 Å². The summed E-state index contributed by atoms with van der Waals surface area (Å²) in [7, 11) is 1.56. The van der Waals surface area contributed by atoms with E-state index in [9.17, 15) is 9.59 Å². The summed E-state index contributed by atoms with van der Waals surface area (Å²) >= 11 is 0. The van der Waals surface area contributed by atoms with Crippen LogP contribution in [0.3, 0.4) is 0 Å². The van der Waals surface area contributed by atoms with Gasteiger partial charge in [0.1, 0.15) is 11.4 Å². The maximum absolute atomic E-state index is 12.6. The summed E-state index contributed by atoms with van der Waals surface area (Å²) in [6.45, 7) is 7.61. The molecule has 5 heteroatoms. The van der Waals surface area contributed by atoms with E-state index in [0.29, 0.717) is 11.3 Å². The smallest absolute Gasteiger partial charge is 0.417 e. The van der Waals surface area contributed by atoms with Crippen LogP contribution in [0.5, 0.6) is 5.75 Å². The van der Waals surface area contributed by atoms with Crippen LogP contribution in [0.4, 0.5) is 4.79 Å². The first-order valence-corrected chi connectivity index (χ1v) is 6.98. The number of nitrogens with zero attached hydrogens (tertiary/aromatic N) is 1. The normalized spacial score (nSPS) is 20.6. The van der Waals surface area contributed by atoms with Crippen LogP contribution in [-0.4, -0.2) is 35.7 Å². The van der Waals surface area contributed by atoms with Crippen LogP contribution in [0.2, 0.25) is 0 Å². The van der Waals surface area contributed by atoms with Gasteiger partial charge in [-0.15, -0.1) is 0 Å². The number of ether oxygens (including phenoxy) is 2. The Morgan fingerprint density at radius 3 is 2.33 bits per heavy atom. The molecule has 0 bridgehead atoms. The molecule has 1 aliphatic rings. The van der Waals surface area contributed by atoms with Crippen molar-refractivity contribution in [3.8, 4) is 5.75 Å². The molecule has 1 atom stereocenters. The lowest BCUT2D eigenvalue weighted by Crippen LogP contribution is -2.48. The number of imide groups is 1. The largest absolute Gasteiger partial charge is 0.497 e. The second-order valence-electron chi connectivity index (χ2n) is 6.06. The highest BCUT2D eigenvalue weighted by Gasteiger charge is 2.51. The Labute approximate surface area is 124 Å². The van der Waals surface area contributed by atoms with Crippen molar-refractivity contribution in [1.29, 1.82) is 0 Å². The second kappa shape index (κ2) is 5.39. The molecule has 0 unspecified atom stereocenters. The van der Waals surface area contributed by atoms with E-state index in [1.54, 1.807) is 31.4 Å². The number of hydrogen-bond donors (Lipinski definition) is 0. The topological polar surface area (TPSA) is 55.8 Å². The van der Waals surface area contributed by atoms with E-state index >= 15 is 0 Å². The molecule has 21 heavy (non-hydrogen) atoms. The first-order chi connectivity index (χ1) is 9.77. The van der Waals surface area contributed by atoms with Crippen molar-refractivity contribution in [2.45, 2.75) is 39.3 Å². The predicted molar refractivity (Wildman–Crippen MR) is 78.3 cm³/mol. The summed E-state index contributed by atoms with van der Waals surface area (Å²) in [6, 6.07) is 6.41. The Morgan fingerprint density at radius 1 is 1.29 bits per heavy atom. The lowest BCUT2D eigenvalue weighted by Gasteiger charge is -2.30. The van der Waals surface area contributed by atoms with E-state index in [-0.39, 0.29) is 17.9 Å². The fourth-order valence-electron chi connectivity index (χ4n) is 2.94. The first-order valence-electron chi connectivity index (χ1n) is 6.98.